The maximum atomic E-state index is 11.2. The lowest BCUT2D eigenvalue weighted by atomic mass is 10.2. The molecule has 13 heavy (non-hydrogen) atoms. The molecular weight excluding hydrogens is 168 g/mol. The molecule has 0 aliphatic rings. The molecule has 1 heterocycles. The van der Waals surface area contributed by atoms with Crippen LogP contribution in [0.2, 0.25) is 0 Å². The van der Waals surface area contributed by atoms with E-state index in [4.69, 9.17) is 4.42 Å². The van der Waals surface area contributed by atoms with Crippen LogP contribution in [0.1, 0.15) is 35.2 Å². The van der Waals surface area contributed by atoms with Crippen molar-refractivity contribution in [3.63, 3.8) is 0 Å². The van der Waals surface area contributed by atoms with Crippen molar-refractivity contribution in [1.29, 1.82) is 0 Å². The van der Waals surface area contributed by atoms with E-state index in [9.17, 15) is 4.79 Å². The lowest BCUT2D eigenvalue weighted by Gasteiger charge is -1.97. The number of aryl methyl sites for hydroxylation is 2. The van der Waals surface area contributed by atoms with Crippen LogP contribution in [0.25, 0.3) is 0 Å². The molecule has 0 atom stereocenters. The zero-order chi connectivity index (χ0) is 9.84. The zero-order valence-corrected chi connectivity index (χ0v) is 8.22. The van der Waals surface area contributed by atoms with Crippen LogP contribution in [0.15, 0.2) is 10.5 Å². The summed E-state index contributed by atoms with van der Waals surface area (Å²) in [5, 5.41) is 0. The van der Waals surface area contributed by atoms with Crippen molar-refractivity contribution < 1.29 is 13.9 Å². The molecule has 0 bridgehead atoms. The van der Waals surface area contributed by atoms with E-state index in [1.54, 1.807) is 6.07 Å². The highest BCUT2D eigenvalue weighted by molar-refractivity contribution is 5.90. The highest BCUT2D eigenvalue weighted by Crippen LogP contribution is 2.17. The van der Waals surface area contributed by atoms with E-state index in [0.717, 1.165) is 24.4 Å². The number of methoxy groups -OCH3 is 1. The van der Waals surface area contributed by atoms with Gasteiger partial charge in [-0.2, -0.15) is 0 Å². The van der Waals surface area contributed by atoms with Crippen molar-refractivity contribution in [2.45, 2.75) is 26.7 Å². The van der Waals surface area contributed by atoms with E-state index < -0.39 is 0 Å². The Hall–Kier alpha value is -1.25. The number of esters is 1. The van der Waals surface area contributed by atoms with Crippen LogP contribution in [0.3, 0.4) is 0 Å². The SMILES string of the molecule is CCCc1oc(C)cc1C(=O)OC. The molecule has 0 amide bonds. The standard InChI is InChI=1S/C10H14O3/c1-4-5-9-8(10(11)12-3)6-7(2)13-9/h6H,4-5H2,1-3H3. The fourth-order valence-electron chi connectivity index (χ4n) is 1.26. The predicted octanol–water partition coefficient (Wildman–Crippen LogP) is 2.33. The molecule has 1 aromatic heterocycles. The van der Waals surface area contributed by atoms with E-state index in [2.05, 4.69) is 4.74 Å². The summed E-state index contributed by atoms with van der Waals surface area (Å²) in [7, 11) is 1.38. The highest BCUT2D eigenvalue weighted by atomic mass is 16.5. The van der Waals surface area contributed by atoms with Gasteiger partial charge in [-0.1, -0.05) is 6.92 Å². The molecule has 0 aliphatic heterocycles. The summed E-state index contributed by atoms with van der Waals surface area (Å²) in [5.41, 5.74) is 0.557. The Kier molecular flexibility index (Phi) is 3.12. The first-order chi connectivity index (χ1) is 6.19. The van der Waals surface area contributed by atoms with E-state index in [0.29, 0.717) is 5.56 Å². The van der Waals surface area contributed by atoms with Gasteiger partial charge in [-0.3, -0.25) is 0 Å². The van der Waals surface area contributed by atoms with Crippen LogP contribution >= 0.6 is 0 Å². The largest absolute Gasteiger partial charge is 0.465 e. The normalized spacial score (nSPS) is 10.1. The molecule has 1 rings (SSSR count). The number of carbonyl (C=O) groups is 1. The van der Waals surface area contributed by atoms with Crippen molar-refractivity contribution in [3.8, 4) is 0 Å². The summed E-state index contributed by atoms with van der Waals surface area (Å²) >= 11 is 0. The number of hydrogen-bond acceptors (Lipinski definition) is 3. The average Bonchev–Trinajstić information content (AvgIpc) is 2.46. The van der Waals surface area contributed by atoms with Gasteiger partial charge in [-0.05, 0) is 19.4 Å². The van der Waals surface area contributed by atoms with Gasteiger partial charge in [0.25, 0.3) is 0 Å². The third kappa shape index (κ3) is 2.11. The first-order valence-corrected chi connectivity index (χ1v) is 4.36. The molecule has 0 N–H and O–H groups in total. The zero-order valence-electron chi connectivity index (χ0n) is 8.22. The molecule has 0 unspecified atom stereocenters. The van der Waals surface area contributed by atoms with Gasteiger partial charge in [0.1, 0.15) is 17.1 Å². The Morgan fingerprint density at radius 3 is 2.85 bits per heavy atom. The van der Waals surface area contributed by atoms with Crippen LogP contribution in [-0.2, 0) is 11.2 Å². The second-order valence-electron chi connectivity index (χ2n) is 2.94. The summed E-state index contributed by atoms with van der Waals surface area (Å²) < 4.78 is 10.0. The molecule has 0 aromatic carbocycles. The Morgan fingerprint density at radius 2 is 2.31 bits per heavy atom. The average molecular weight is 182 g/mol. The summed E-state index contributed by atoms with van der Waals surface area (Å²) in [5.74, 6) is 1.16. The van der Waals surface area contributed by atoms with Gasteiger partial charge in [0, 0.05) is 6.42 Å². The summed E-state index contributed by atoms with van der Waals surface area (Å²) in [6.07, 6.45) is 1.73. The first-order valence-electron chi connectivity index (χ1n) is 4.36. The van der Waals surface area contributed by atoms with Crippen LogP contribution in [0, 0.1) is 6.92 Å². The number of rotatable bonds is 3. The van der Waals surface area contributed by atoms with Gasteiger partial charge in [-0.15, -0.1) is 0 Å². The molecule has 3 nitrogen and oxygen atoms in total. The van der Waals surface area contributed by atoms with Crippen LogP contribution in [0.5, 0.6) is 0 Å². The molecule has 72 valence electrons. The number of furan rings is 1. The fourth-order valence-corrected chi connectivity index (χ4v) is 1.26. The van der Waals surface area contributed by atoms with Crippen LogP contribution in [-0.4, -0.2) is 13.1 Å². The second-order valence-corrected chi connectivity index (χ2v) is 2.94. The fraction of sp³-hybridized carbons (Fsp3) is 0.500. The first kappa shape index (κ1) is 9.84. The monoisotopic (exact) mass is 182 g/mol. The molecular formula is C10H14O3. The van der Waals surface area contributed by atoms with Gasteiger partial charge in [0.2, 0.25) is 0 Å². The minimum atomic E-state index is -0.319. The summed E-state index contributed by atoms with van der Waals surface area (Å²) in [6, 6.07) is 1.72. The van der Waals surface area contributed by atoms with Crippen molar-refractivity contribution >= 4 is 5.97 Å². The van der Waals surface area contributed by atoms with Gasteiger partial charge in [0.15, 0.2) is 0 Å². The van der Waals surface area contributed by atoms with Crippen molar-refractivity contribution in [1.82, 2.24) is 0 Å². The van der Waals surface area contributed by atoms with E-state index in [-0.39, 0.29) is 5.97 Å². The van der Waals surface area contributed by atoms with Crippen LogP contribution in [0.4, 0.5) is 0 Å². The number of ether oxygens (including phenoxy) is 1. The molecule has 0 saturated heterocycles. The maximum Gasteiger partial charge on any atom is 0.341 e. The van der Waals surface area contributed by atoms with Gasteiger partial charge >= 0.3 is 5.97 Å². The van der Waals surface area contributed by atoms with Crippen molar-refractivity contribution in [2.24, 2.45) is 0 Å². The van der Waals surface area contributed by atoms with Gasteiger partial charge < -0.3 is 9.15 Å². The third-order valence-corrected chi connectivity index (χ3v) is 1.81. The van der Waals surface area contributed by atoms with Gasteiger partial charge in [0.05, 0.1) is 7.11 Å². The number of carbonyl (C=O) groups excluding carboxylic acids is 1. The molecule has 0 saturated carbocycles. The number of hydrogen-bond donors (Lipinski definition) is 0. The van der Waals surface area contributed by atoms with Crippen molar-refractivity contribution in [2.75, 3.05) is 7.11 Å². The van der Waals surface area contributed by atoms with Crippen molar-refractivity contribution in [3.05, 3.63) is 23.2 Å². The quantitative estimate of drug-likeness (QED) is 0.673. The Labute approximate surface area is 77.7 Å². The highest BCUT2D eigenvalue weighted by Gasteiger charge is 2.15. The van der Waals surface area contributed by atoms with E-state index in [1.807, 2.05) is 13.8 Å². The summed E-state index contributed by atoms with van der Waals surface area (Å²) in [4.78, 5) is 11.2. The maximum absolute atomic E-state index is 11.2. The summed E-state index contributed by atoms with van der Waals surface area (Å²) in [6.45, 7) is 3.87. The van der Waals surface area contributed by atoms with Gasteiger partial charge in [-0.25, -0.2) is 4.79 Å². The molecule has 0 fully saturated rings. The Morgan fingerprint density at radius 1 is 1.62 bits per heavy atom. The van der Waals surface area contributed by atoms with Crippen LogP contribution < -0.4 is 0 Å². The van der Waals surface area contributed by atoms with E-state index >= 15 is 0 Å². The molecule has 3 heteroatoms. The molecule has 1 aromatic rings. The second kappa shape index (κ2) is 4.12. The predicted molar refractivity (Wildman–Crippen MR) is 48.8 cm³/mol. The smallest absolute Gasteiger partial charge is 0.341 e. The molecule has 0 aliphatic carbocycles. The minimum absolute atomic E-state index is 0.319. The Bertz CT molecular complexity index is 299. The Balaban J connectivity index is 2.96. The van der Waals surface area contributed by atoms with E-state index in [1.165, 1.54) is 7.11 Å². The third-order valence-electron chi connectivity index (χ3n) is 1.81. The lowest BCUT2D eigenvalue weighted by Crippen LogP contribution is -2.02. The lowest BCUT2D eigenvalue weighted by molar-refractivity contribution is 0.0598. The minimum Gasteiger partial charge on any atom is -0.465 e. The molecule has 0 spiro atoms. The topological polar surface area (TPSA) is 39.4 Å². The molecule has 0 radical (unpaired) electrons.